The molecule has 2 rings (SSSR count). The van der Waals surface area contributed by atoms with E-state index < -0.39 is 0 Å². The second kappa shape index (κ2) is 4.83. The van der Waals surface area contributed by atoms with Gasteiger partial charge in [0, 0.05) is 13.1 Å². The molecular weight excluding hydrogens is 203 g/mol. The quantitative estimate of drug-likeness (QED) is 0.779. The lowest BCUT2D eigenvalue weighted by atomic mass is 10.00. The van der Waals surface area contributed by atoms with E-state index in [0.29, 0.717) is 0 Å². The molecule has 2 N–H and O–H groups in total. The summed E-state index contributed by atoms with van der Waals surface area (Å²) in [6.07, 6.45) is 2.56. The summed E-state index contributed by atoms with van der Waals surface area (Å²) in [6.45, 7) is 5.35. The van der Waals surface area contributed by atoms with Crippen LogP contribution in [-0.2, 0) is 6.54 Å². The van der Waals surface area contributed by atoms with Crippen LogP contribution in [0.25, 0.3) is 0 Å². The number of benzene rings is 1. The number of halogens is 1. The Morgan fingerprint density at radius 3 is 3.00 bits per heavy atom. The van der Waals surface area contributed by atoms with E-state index in [0.717, 1.165) is 31.1 Å². The molecule has 0 aromatic heterocycles. The molecule has 88 valence electrons. The highest BCUT2D eigenvalue weighted by molar-refractivity contribution is 5.41. The Morgan fingerprint density at radius 1 is 1.50 bits per heavy atom. The molecule has 0 aliphatic carbocycles. The number of nitrogens with zero attached hydrogens (tertiary/aromatic N) is 1. The molecule has 1 heterocycles. The maximum absolute atomic E-state index is 13.3. The molecule has 1 saturated heterocycles. The van der Waals surface area contributed by atoms with Gasteiger partial charge >= 0.3 is 0 Å². The van der Waals surface area contributed by atoms with Crippen molar-refractivity contribution in [3.63, 3.8) is 0 Å². The zero-order valence-corrected chi connectivity index (χ0v) is 9.75. The zero-order valence-electron chi connectivity index (χ0n) is 9.75. The molecule has 1 aliphatic heterocycles. The van der Waals surface area contributed by atoms with Gasteiger partial charge < -0.3 is 5.73 Å². The first kappa shape index (κ1) is 11.4. The zero-order chi connectivity index (χ0) is 11.5. The van der Waals surface area contributed by atoms with Gasteiger partial charge in [-0.2, -0.15) is 0 Å². The minimum atomic E-state index is -0.303. The van der Waals surface area contributed by atoms with Crippen LogP contribution in [0, 0.1) is 11.7 Å². The van der Waals surface area contributed by atoms with E-state index >= 15 is 0 Å². The number of hydrogen-bond acceptors (Lipinski definition) is 2. The van der Waals surface area contributed by atoms with Crippen molar-refractivity contribution in [1.82, 2.24) is 4.90 Å². The normalized spacial score (nSPS) is 22.2. The van der Waals surface area contributed by atoms with Gasteiger partial charge in [0.05, 0.1) is 5.69 Å². The topological polar surface area (TPSA) is 29.3 Å². The summed E-state index contributed by atoms with van der Waals surface area (Å²) in [5.41, 5.74) is 6.70. The summed E-state index contributed by atoms with van der Waals surface area (Å²) in [4.78, 5) is 2.39. The summed E-state index contributed by atoms with van der Waals surface area (Å²) >= 11 is 0. The van der Waals surface area contributed by atoms with Crippen LogP contribution in [0.4, 0.5) is 10.1 Å². The van der Waals surface area contributed by atoms with E-state index in [-0.39, 0.29) is 11.5 Å². The van der Waals surface area contributed by atoms with Crippen LogP contribution in [0.2, 0.25) is 0 Å². The highest BCUT2D eigenvalue weighted by Crippen LogP contribution is 2.19. The van der Waals surface area contributed by atoms with Gasteiger partial charge in [0.15, 0.2) is 0 Å². The SMILES string of the molecule is CC1CCCN(Cc2ccc(N)c(F)c2)C1. The van der Waals surface area contributed by atoms with E-state index in [1.807, 2.05) is 6.07 Å². The van der Waals surface area contributed by atoms with Crippen LogP contribution in [0.5, 0.6) is 0 Å². The molecule has 0 bridgehead atoms. The van der Waals surface area contributed by atoms with Gasteiger partial charge in [-0.25, -0.2) is 4.39 Å². The summed E-state index contributed by atoms with van der Waals surface area (Å²) in [5.74, 6) is 0.454. The van der Waals surface area contributed by atoms with Crippen molar-refractivity contribution in [3.8, 4) is 0 Å². The fourth-order valence-electron chi connectivity index (χ4n) is 2.36. The molecule has 0 amide bonds. The van der Waals surface area contributed by atoms with Crippen LogP contribution in [0.3, 0.4) is 0 Å². The van der Waals surface area contributed by atoms with Crippen molar-refractivity contribution >= 4 is 5.69 Å². The van der Waals surface area contributed by atoms with Crippen molar-refractivity contribution in [2.24, 2.45) is 5.92 Å². The van der Waals surface area contributed by atoms with Gasteiger partial charge in [-0.15, -0.1) is 0 Å². The Bertz CT molecular complexity index is 365. The van der Waals surface area contributed by atoms with Gasteiger partial charge in [-0.3, -0.25) is 4.90 Å². The Kier molecular flexibility index (Phi) is 3.44. The van der Waals surface area contributed by atoms with E-state index in [1.165, 1.54) is 12.8 Å². The van der Waals surface area contributed by atoms with Gasteiger partial charge in [0.2, 0.25) is 0 Å². The minimum Gasteiger partial charge on any atom is -0.396 e. The molecule has 1 atom stereocenters. The lowest BCUT2D eigenvalue weighted by Gasteiger charge is -2.30. The molecule has 3 heteroatoms. The fourth-order valence-corrected chi connectivity index (χ4v) is 2.36. The average Bonchev–Trinajstić information content (AvgIpc) is 2.24. The smallest absolute Gasteiger partial charge is 0.146 e. The number of nitrogen functional groups attached to an aromatic ring is 1. The first-order chi connectivity index (χ1) is 7.65. The fraction of sp³-hybridized carbons (Fsp3) is 0.538. The molecule has 1 aromatic rings. The predicted octanol–water partition coefficient (Wildman–Crippen LogP) is 2.64. The largest absolute Gasteiger partial charge is 0.396 e. The highest BCUT2D eigenvalue weighted by Gasteiger charge is 2.16. The first-order valence-corrected chi connectivity index (χ1v) is 5.91. The van der Waals surface area contributed by atoms with Crippen LogP contribution >= 0.6 is 0 Å². The Balaban J connectivity index is 2.00. The Hall–Kier alpha value is -1.09. The molecule has 0 spiro atoms. The summed E-state index contributed by atoms with van der Waals surface area (Å²) in [6, 6.07) is 5.12. The monoisotopic (exact) mass is 222 g/mol. The van der Waals surface area contributed by atoms with Crippen LogP contribution in [-0.4, -0.2) is 18.0 Å². The number of anilines is 1. The molecule has 2 nitrogen and oxygen atoms in total. The van der Waals surface area contributed by atoms with Gasteiger partial charge in [-0.1, -0.05) is 13.0 Å². The van der Waals surface area contributed by atoms with Crippen LogP contribution in [0.1, 0.15) is 25.3 Å². The average molecular weight is 222 g/mol. The number of piperidine rings is 1. The summed E-state index contributed by atoms with van der Waals surface area (Å²) in [5, 5.41) is 0. The van der Waals surface area contributed by atoms with Gasteiger partial charge in [0.1, 0.15) is 5.82 Å². The van der Waals surface area contributed by atoms with Crippen molar-refractivity contribution in [2.45, 2.75) is 26.3 Å². The van der Waals surface area contributed by atoms with Crippen molar-refractivity contribution < 1.29 is 4.39 Å². The van der Waals surface area contributed by atoms with Crippen molar-refractivity contribution in [1.29, 1.82) is 0 Å². The number of likely N-dealkylation sites (tertiary alicyclic amines) is 1. The van der Waals surface area contributed by atoms with E-state index in [1.54, 1.807) is 12.1 Å². The number of hydrogen-bond donors (Lipinski definition) is 1. The van der Waals surface area contributed by atoms with E-state index in [4.69, 9.17) is 5.73 Å². The van der Waals surface area contributed by atoms with Crippen molar-refractivity contribution in [2.75, 3.05) is 18.8 Å². The first-order valence-electron chi connectivity index (χ1n) is 5.91. The van der Waals surface area contributed by atoms with Gasteiger partial charge in [-0.05, 0) is 43.0 Å². The lowest BCUT2D eigenvalue weighted by molar-refractivity contribution is 0.176. The molecule has 16 heavy (non-hydrogen) atoms. The molecule has 1 aromatic carbocycles. The molecular formula is C13H19FN2. The molecule has 1 fully saturated rings. The summed E-state index contributed by atoms with van der Waals surface area (Å²) in [7, 11) is 0. The third-order valence-corrected chi connectivity index (χ3v) is 3.21. The molecule has 1 unspecified atom stereocenters. The van der Waals surface area contributed by atoms with Crippen LogP contribution in [0.15, 0.2) is 18.2 Å². The van der Waals surface area contributed by atoms with E-state index in [9.17, 15) is 4.39 Å². The lowest BCUT2D eigenvalue weighted by Crippen LogP contribution is -2.33. The van der Waals surface area contributed by atoms with Gasteiger partial charge in [0.25, 0.3) is 0 Å². The van der Waals surface area contributed by atoms with Crippen LogP contribution < -0.4 is 5.73 Å². The highest BCUT2D eigenvalue weighted by atomic mass is 19.1. The second-order valence-electron chi connectivity index (χ2n) is 4.84. The second-order valence-corrected chi connectivity index (χ2v) is 4.84. The maximum Gasteiger partial charge on any atom is 0.146 e. The Labute approximate surface area is 96.2 Å². The summed E-state index contributed by atoms with van der Waals surface area (Å²) < 4.78 is 13.3. The third-order valence-electron chi connectivity index (χ3n) is 3.21. The van der Waals surface area contributed by atoms with E-state index in [2.05, 4.69) is 11.8 Å². The number of rotatable bonds is 2. The number of nitrogens with two attached hydrogens (primary N) is 1. The van der Waals surface area contributed by atoms with Crippen molar-refractivity contribution in [3.05, 3.63) is 29.6 Å². The molecule has 0 saturated carbocycles. The maximum atomic E-state index is 13.3. The molecule has 1 aliphatic rings. The third kappa shape index (κ3) is 2.73. The Morgan fingerprint density at radius 2 is 2.31 bits per heavy atom. The molecule has 0 radical (unpaired) electrons. The minimum absolute atomic E-state index is 0.232. The predicted molar refractivity (Wildman–Crippen MR) is 64.5 cm³/mol. The standard InChI is InChI=1S/C13H19FN2/c1-10-3-2-6-16(8-10)9-11-4-5-13(15)12(14)7-11/h4-5,7,10H,2-3,6,8-9,15H2,1H3.